The summed E-state index contributed by atoms with van der Waals surface area (Å²) in [5, 5.41) is 12.8. The summed E-state index contributed by atoms with van der Waals surface area (Å²) in [4.78, 5) is 0. The molecule has 0 radical (unpaired) electrons. The van der Waals surface area contributed by atoms with Crippen molar-refractivity contribution in [2.45, 2.75) is 27.2 Å². The first-order chi connectivity index (χ1) is 7.42. The van der Waals surface area contributed by atoms with Crippen molar-refractivity contribution in [3.8, 4) is 6.07 Å². The summed E-state index contributed by atoms with van der Waals surface area (Å²) in [7, 11) is 0. The van der Waals surface area contributed by atoms with Crippen LogP contribution in [0.2, 0.25) is 5.02 Å². The highest BCUT2D eigenvalue weighted by atomic mass is 35.5. The SMILES string of the molecule is CC(C)(C)CCNc1cc(Cl)ccc1C#N. The van der Waals surface area contributed by atoms with Crippen molar-refractivity contribution >= 4 is 17.3 Å². The van der Waals surface area contributed by atoms with E-state index in [2.05, 4.69) is 32.2 Å². The topological polar surface area (TPSA) is 35.8 Å². The molecule has 0 unspecified atom stereocenters. The van der Waals surface area contributed by atoms with Gasteiger partial charge in [-0.3, -0.25) is 0 Å². The van der Waals surface area contributed by atoms with Crippen LogP contribution in [0.4, 0.5) is 5.69 Å². The lowest BCUT2D eigenvalue weighted by molar-refractivity contribution is 0.390. The Hall–Kier alpha value is -1.20. The normalized spacial score (nSPS) is 10.9. The molecule has 0 aliphatic heterocycles. The summed E-state index contributed by atoms with van der Waals surface area (Å²) in [6.07, 6.45) is 1.05. The van der Waals surface area contributed by atoms with Crippen molar-refractivity contribution in [2.24, 2.45) is 5.41 Å². The minimum absolute atomic E-state index is 0.290. The van der Waals surface area contributed by atoms with Crippen molar-refractivity contribution in [2.75, 3.05) is 11.9 Å². The number of benzene rings is 1. The Morgan fingerprint density at radius 2 is 2.06 bits per heavy atom. The molecule has 0 atom stereocenters. The molecule has 1 aromatic carbocycles. The average Bonchev–Trinajstić information content (AvgIpc) is 2.16. The Labute approximate surface area is 102 Å². The molecule has 1 rings (SSSR count). The van der Waals surface area contributed by atoms with Gasteiger partial charge in [-0.15, -0.1) is 0 Å². The fourth-order valence-corrected chi connectivity index (χ4v) is 1.50. The summed E-state index contributed by atoms with van der Waals surface area (Å²) in [6.45, 7) is 7.42. The van der Waals surface area contributed by atoms with E-state index < -0.39 is 0 Å². The van der Waals surface area contributed by atoms with Crippen molar-refractivity contribution in [3.05, 3.63) is 28.8 Å². The van der Waals surface area contributed by atoms with Crippen LogP contribution in [0, 0.1) is 16.7 Å². The third-order valence-electron chi connectivity index (χ3n) is 2.29. The minimum atomic E-state index is 0.290. The van der Waals surface area contributed by atoms with Gasteiger partial charge < -0.3 is 5.32 Å². The molecule has 0 aliphatic rings. The Morgan fingerprint density at radius 1 is 1.38 bits per heavy atom. The molecule has 1 N–H and O–H groups in total. The fraction of sp³-hybridized carbons (Fsp3) is 0.462. The number of nitrogens with zero attached hydrogens (tertiary/aromatic N) is 1. The van der Waals surface area contributed by atoms with Crippen molar-refractivity contribution in [1.29, 1.82) is 5.26 Å². The van der Waals surface area contributed by atoms with Gasteiger partial charge in [-0.2, -0.15) is 5.26 Å². The number of hydrogen-bond acceptors (Lipinski definition) is 2. The number of nitrogens with one attached hydrogen (secondary N) is 1. The van der Waals surface area contributed by atoms with Gasteiger partial charge in [0.25, 0.3) is 0 Å². The molecule has 0 aromatic heterocycles. The number of hydrogen-bond donors (Lipinski definition) is 1. The van der Waals surface area contributed by atoms with Crippen LogP contribution in [0.3, 0.4) is 0 Å². The maximum absolute atomic E-state index is 8.94. The summed E-state index contributed by atoms with van der Waals surface area (Å²) < 4.78 is 0. The summed E-state index contributed by atoms with van der Waals surface area (Å²) in [5.74, 6) is 0. The van der Waals surface area contributed by atoms with Gasteiger partial charge in [0.2, 0.25) is 0 Å². The van der Waals surface area contributed by atoms with Gasteiger partial charge in [-0.1, -0.05) is 32.4 Å². The van der Waals surface area contributed by atoms with Crippen LogP contribution in [-0.4, -0.2) is 6.54 Å². The van der Waals surface area contributed by atoms with Gasteiger partial charge in [0.1, 0.15) is 6.07 Å². The zero-order valence-electron chi connectivity index (χ0n) is 9.97. The molecule has 1 aromatic rings. The van der Waals surface area contributed by atoms with Crippen LogP contribution in [-0.2, 0) is 0 Å². The lowest BCUT2D eigenvalue weighted by Gasteiger charge is -2.18. The van der Waals surface area contributed by atoms with Gasteiger partial charge in [-0.05, 0) is 30.0 Å². The molecule has 16 heavy (non-hydrogen) atoms. The van der Waals surface area contributed by atoms with E-state index in [1.165, 1.54) is 0 Å². The summed E-state index contributed by atoms with van der Waals surface area (Å²) in [5.41, 5.74) is 1.75. The predicted molar refractivity (Wildman–Crippen MR) is 68.7 cm³/mol. The maximum Gasteiger partial charge on any atom is 0.101 e. The molecular formula is C13H17ClN2. The molecule has 0 saturated heterocycles. The minimum Gasteiger partial charge on any atom is -0.384 e. The number of anilines is 1. The predicted octanol–water partition coefficient (Wildman–Crippen LogP) is 4.06. The third kappa shape index (κ3) is 4.12. The molecule has 0 amide bonds. The van der Waals surface area contributed by atoms with Crippen molar-refractivity contribution in [1.82, 2.24) is 0 Å². The van der Waals surface area contributed by atoms with Gasteiger partial charge in [0.05, 0.1) is 11.3 Å². The van der Waals surface area contributed by atoms with E-state index in [-0.39, 0.29) is 0 Å². The first-order valence-electron chi connectivity index (χ1n) is 5.36. The Balaban J connectivity index is 2.67. The van der Waals surface area contributed by atoms with E-state index in [9.17, 15) is 0 Å². The van der Waals surface area contributed by atoms with E-state index in [1.54, 1.807) is 18.2 Å². The third-order valence-corrected chi connectivity index (χ3v) is 2.53. The second kappa shape index (κ2) is 5.23. The maximum atomic E-state index is 8.94. The average molecular weight is 237 g/mol. The summed E-state index contributed by atoms with van der Waals surface area (Å²) in [6, 6.07) is 7.41. The lowest BCUT2D eigenvalue weighted by atomic mass is 9.92. The number of halogens is 1. The van der Waals surface area contributed by atoms with Crippen LogP contribution in [0.5, 0.6) is 0 Å². The van der Waals surface area contributed by atoms with E-state index in [4.69, 9.17) is 16.9 Å². The fourth-order valence-electron chi connectivity index (χ4n) is 1.33. The highest BCUT2D eigenvalue weighted by molar-refractivity contribution is 6.30. The van der Waals surface area contributed by atoms with Crippen LogP contribution in [0.25, 0.3) is 0 Å². The second-order valence-electron chi connectivity index (χ2n) is 5.04. The van der Waals surface area contributed by atoms with Gasteiger partial charge >= 0.3 is 0 Å². The molecule has 3 heteroatoms. The molecule has 0 saturated carbocycles. The molecular weight excluding hydrogens is 220 g/mol. The van der Waals surface area contributed by atoms with Crippen LogP contribution in [0.15, 0.2) is 18.2 Å². The monoisotopic (exact) mass is 236 g/mol. The Morgan fingerprint density at radius 3 is 2.62 bits per heavy atom. The van der Waals surface area contributed by atoms with Crippen LogP contribution < -0.4 is 5.32 Å². The second-order valence-corrected chi connectivity index (χ2v) is 5.48. The number of nitriles is 1. The summed E-state index contributed by atoms with van der Waals surface area (Å²) >= 11 is 5.89. The van der Waals surface area contributed by atoms with E-state index in [0.717, 1.165) is 18.7 Å². The molecule has 0 heterocycles. The zero-order valence-corrected chi connectivity index (χ0v) is 10.7. The molecule has 86 valence electrons. The van der Waals surface area contributed by atoms with Crippen molar-refractivity contribution in [3.63, 3.8) is 0 Å². The van der Waals surface area contributed by atoms with Gasteiger partial charge in [-0.25, -0.2) is 0 Å². The van der Waals surface area contributed by atoms with E-state index >= 15 is 0 Å². The molecule has 2 nitrogen and oxygen atoms in total. The van der Waals surface area contributed by atoms with Crippen molar-refractivity contribution < 1.29 is 0 Å². The highest BCUT2D eigenvalue weighted by Gasteiger charge is 2.10. The standard InChI is InChI=1S/C13H17ClN2/c1-13(2,3)6-7-16-12-8-11(14)5-4-10(12)9-15/h4-5,8,16H,6-7H2,1-3H3. The van der Waals surface area contributed by atoms with Gasteiger partial charge in [0.15, 0.2) is 0 Å². The van der Waals surface area contributed by atoms with E-state index in [1.807, 2.05) is 0 Å². The number of rotatable bonds is 3. The molecule has 0 spiro atoms. The van der Waals surface area contributed by atoms with Crippen LogP contribution in [0.1, 0.15) is 32.8 Å². The van der Waals surface area contributed by atoms with Gasteiger partial charge in [0, 0.05) is 11.6 Å². The first-order valence-corrected chi connectivity index (χ1v) is 5.74. The Bertz CT molecular complexity index is 399. The Kier molecular flexibility index (Phi) is 4.20. The molecule has 0 aliphatic carbocycles. The highest BCUT2D eigenvalue weighted by Crippen LogP contribution is 2.22. The van der Waals surface area contributed by atoms with E-state index in [0.29, 0.717) is 16.0 Å². The van der Waals surface area contributed by atoms with Crippen LogP contribution >= 0.6 is 11.6 Å². The molecule has 0 bridgehead atoms. The zero-order chi connectivity index (χ0) is 12.2. The smallest absolute Gasteiger partial charge is 0.101 e. The quantitative estimate of drug-likeness (QED) is 0.859. The largest absolute Gasteiger partial charge is 0.384 e. The first kappa shape index (κ1) is 12.9. The molecule has 0 fully saturated rings. The lowest BCUT2D eigenvalue weighted by Crippen LogP contribution is -2.13.